The molecule has 17 heavy (non-hydrogen) atoms. The number of nitrogens with one attached hydrogen (secondary N) is 1. The molecule has 0 saturated carbocycles. The first kappa shape index (κ1) is 10.8. The molecule has 1 N–H and O–H groups in total. The predicted molar refractivity (Wildman–Crippen MR) is 67.0 cm³/mol. The van der Waals surface area contributed by atoms with Crippen molar-refractivity contribution in [3.05, 3.63) is 36.1 Å². The van der Waals surface area contributed by atoms with Crippen LogP contribution >= 0.6 is 0 Å². The SMILES string of the molecule is CNC1CCOC(c2cc3ccccc3o2)C1. The maximum atomic E-state index is 5.85. The molecule has 3 rings (SSSR count). The van der Waals surface area contributed by atoms with Crippen molar-refractivity contribution in [2.75, 3.05) is 13.7 Å². The van der Waals surface area contributed by atoms with Gasteiger partial charge in [-0.25, -0.2) is 0 Å². The third-order valence-electron chi connectivity index (χ3n) is 3.45. The highest BCUT2D eigenvalue weighted by molar-refractivity contribution is 5.77. The third-order valence-corrected chi connectivity index (χ3v) is 3.45. The molecule has 1 aromatic heterocycles. The molecular formula is C14H17NO2. The highest BCUT2D eigenvalue weighted by Gasteiger charge is 2.25. The van der Waals surface area contributed by atoms with Crippen molar-refractivity contribution < 1.29 is 9.15 Å². The van der Waals surface area contributed by atoms with Crippen LogP contribution in [0.15, 0.2) is 34.7 Å². The summed E-state index contributed by atoms with van der Waals surface area (Å²) in [6.45, 7) is 0.799. The molecule has 0 spiro atoms. The summed E-state index contributed by atoms with van der Waals surface area (Å²) in [5.41, 5.74) is 0.942. The Labute approximate surface area is 101 Å². The molecular weight excluding hydrogens is 214 g/mol. The molecule has 0 amide bonds. The lowest BCUT2D eigenvalue weighted by Crippen LogP contribution is -2.33. The summed E-state index contributed by atoms with van der Waals surface area (Å²) in [5, 5.41) is 4.47. The summed E-state index contributed by atoms with van der Waals surface area (Å²) in [5.74, 6) is 0.950. The van der Waals surface area contributed by atoms with E-state index in [0.29, 0.717) is 6.04 Å². The molecule has 2 heterocycles. The Morgan fingerprint density at radius 2 is 2.18 bits per heavy atom. The average Bonchev–Trinajstić information content (AvgIpc) is 2.82. The molecule has 3 nitrogen and oxygen atoms in total. The minimum atomic E-state index is 0.0913. The number of para-hydroxylation sites is 1. The number of ether oxygens (including phenoxy) is 1. The van der Waals surface area contributed by atoms with E-state index in [0.717, 1.165) is 36.2 Å². The molecule has 2 atom stereocenters. The molecule has 0 radical (unpaired) electrons. The van der Waals surface area contributed by atoms with Gasteiger partial charge >= 0.3 is 0 Å². The Morgan fingerprint density at radius 1 is 1.29 bits per heavy atom. The van der Waals surface area contributed by atoms with E-state index < -0.39 is 0 Å². The summed E-state index contributed by atoms with van der Waals surface area (Å²) in [7, 11) is 2.01. The number of rotatable bonds is 2. The fourth-order valence-electron chi connectivity index (χ4n) is 2.42. The highest BCUT2D eigenvalue weighted by Crippen LogP contribution is 2.31. The van der Waals surface area contributed by atoms with E-state index in [1.807, 2.05) is 25.2 Å². The van der Waals surface area contributed by atoms with Gasteiger partial charge in [-0.3, -0.25) is 0 Å². The summed E-state index contributed by atoms with van der Waals surface area (Å²) in [4.78, 5) is 0. The van der Waals surface area contributed by atoms with Crippen molar-refractivity contribution in [2.24, 2.45) is 0 Å². The highest BCUT2D eigenvalue weighted by atomic mass is 16.5. The van der Waals surface area contributed by atoms with Gasteiger partial charge in [-0.2, -0.15) is 0 Å². The van der Waals surface area contributed by atoms with Crippen LogP contribution in [0.3, 0.4) is 0 Å². The fourth-order valence-corrected chi connectivity index (χ4v) is 2.42. The first-order chi connectivity index (χ1) is 8.36. The average molecular weight is 231 g/mol. The summed E-state index contributed by atoms with van der Waals surface area (Å²) >= 11 is 0. The Kier molecular flexibility index (Phi) is 2.87. The Morgan fingerprint density at radius 3 is 3.00 bits per heavy atom. The number of furan rings is 1. The van der Waals surface area contributed by atoms with Gasteiger partial charge in [-0.1, -0.05) is 18.2 Å². The van der Waals surface area contributed by atoms with E-state index in [1.165, 1.54) is 0 Å². The maximum absolute atomic E-state index is 5.85. The zero-order chi connectivity index (χ0) is 11.7. The molecule has 1 aromatic carbocycles. The normalized spacial score (nSPS) is 25.2. The lowest BCUT2D eigenvalue weighted by molar-refractivity contribution is -0.00985. The topological polar surface area (TPSA) is 34.4 Å². The van der Waals surface area contributed by atoms with Crippen molar-refractivity contribution in [3.8, 4) is 0 Å². The van der Waals surface area contributed by atoms with Gasteiger partial charge in [-0.05, 0) is 32.0 Å². The van der Waals surface area contributed by atoms with Crippen molar-refractivity contribution in [1.29, 1.82) is 0 Å². The molecule has 90 valence electrons. The molecule has 1 aliphatic heterocycles. The smallest absolute Gasteiger partial charge is 0.134 e. The molecule has 0 aliphatic carbocycles. The number of benzene rings is 1. The number of hydrogen-bond donors (Lipinski definition) is 1. The van der Waals surface area contributed by atoms with Crippen LogP contribution in [-0.2, 0) is 4.74 Å². The Balaban J connectivity index is 1.87. The van der Waals surface area contributed by atoms with Crippen LogP contribution in [0.25, 0.3) is 11.0 Å². The van der Waals surface area contributed by atoms with E-state index in [4.69, 9.17) is 9.15 Å². The van der Waals surface area contributed by atoms with Crippen LogP contribution in [0.1, 0.15) is 24.7 Å². The van der Waals surface area contributed by atoms with Gasteiger partial charge in [0.15, 0.2) is 0 Å². The van der Waals surface area contributed by atoms with Crippen LogP contribution in [0.4, 0.5) is 0 Å². The maximum Gasteiger partial charge on any atom is 0.134 e. The van der Waals surface area contributed by atoms with Crippen LogP contribution in [0.2, 0.25) is 0 Å². The molecule has 2 aromatic rings. The van der Waals surface area contributed by atoms with Crippen molar-refractivity contribution in [3.63, 3.8) is 0 Å². The lowest BCUT2D eigenvalue weighted by atomic mass is 10.0. The van der Waals surface area contributed by atoms with E-state index in [9.17, 15) is 0 Å². The largest absolute Gasteiger partial charge is 0.458 e. The van der Waals surface area contributed by atoms with Crippen LogP contribution in [-0.4, -0.2) is 19.7 Å². The Hall–Kier alpha value is -1.32. The van der Waals surface area contributed by atoms with E-state index >= 15 is 0 Å². The quantitative estimate of drug-likeness (QED) is 0.863. The Bertz CT molecular complexity index is 473. The summed E-state index contributed by atoms with van der Waals surface area (Å²) < 4.78 is 11.6. The second kappa shape index (κ2) is 4.51. The minimum absolute atomic E-state index is 0.0913. The number of hydrogen-bond acceptors (Lipinski definition) is 3. The monoisotopic (exact) mass is 231 g/mol. The van der Waals surface area contributed by atoms with E-state index in [2.05, 4.69) is 17.4 Å². The predicted octanol–water partition coefficient (Wildman–Crippen LogP) is 2.87. The lowest BCUT2D eigenvalue weighted by Gasteiger charge is -2.27. The van der Waals surface area contributed by atoms with Crippen LogP contribution in [0.5, 0.6) is 0 Å². The van der Waals surface area contributed by atoms with Gasteiger partial charge in [0.2, 0.25) is 0 Å². The number of fused-ring (bicyclic) bond motifs is 1. The fraction of sp³-hybridized carbons (Fsp3) is 0.429. The summed E-state index contributed by atoms with van der Waals surface area (Å²) in [6, 6.07) is 10.7. The van der Waals surface area contributed by atoms with E-state index in [1.54, 1.807) is 0 Å². The van der Waals surface area contributed by atoms with Gasteiger partial charge in [-0.15, -0.1) is 0 Å². The van der Waals surface area contributed by atoms with Crippen molar-refractivity contribution in [2.45, 2.75) is 25.0 Å². The second-order valence-electron chi connectivity index (χ2n) is 4.56. The van der Waals surface area contributed by atoms with Crippen molar-refractivity contribution >= 4 is 11.0 Å². The molecule has 1 aliphatic rings. The molecule has 0 bridgehead atoms. The minimum Gasteiger partial charge on any atom is -0.458 e. The first-order valence-corrected chi connectivity index (χ1v) is 6.14. The van der Waals surface area contributed by atoms with Crippen LogP contribution < -0.4 is 5.32 Å². The standard InChI is InChI=1S/C14H17NO2/c1-15-11-6-7-16-13(9-11)14-8-10-4-2-3-5-12(10)17-14/h2-5,8,11,13,15H,6-7,9H2,1H3. The zero-order valence-corrected chi connectivity index (χ0v) is 9.98. The summed E-state index contributed by atoms with van der Waals surface area (Å²) in [6.07, 6.45) is 2.15. The van der Waals surface area contributed by atoms with Gasteiger partial charge in [0.05, 0.1) is 0 Å². The van der Waals surface area contributed by atoms with Gasteiger partial charge in [0, 0.05) is 18.0 Å². The van der Waals surface area contributed by atoms with Gasteiger partial charge in [0.1, 0.15) is 17.4 Å². The zero-order valence-electron chi connectivity index (χ0n) is 9.98. The van der Waals surface area contributed by atoms with E-state index in [-0.39, 0.29) is 6.10 Å². The molecule has 1 fully saturated rings. The molecule has 1 saturated heterocycles. The van der Waals surface area contributed by atoms with Gasteiger partial charge in [0.25, 0.3) is 0 Å². The molecule has 2 unspecified atom stereocenters. The van der Waals surface area contributed by atoms with Crippen LogP contribution in [0, 0.1) is 0 Å². The second-order valence-corrected chi connectivity index (χ2v) is 4.56. The first-order valence-electron chi connectivity index (χ1n) is 6.14. The molecule has 3 heteroatoms. The van der Waals surface area contributed by atoms with Gasteiger partial charge < -0.3 is 14.5 Å². The van der Waals surface area contributed by atoms with Crippen molar-refractivity contribution in [1.82, 2.24) is 5.32 Å². The third kappa shape index (κ3) is 2.08.